The molecule has 0 spiro atoms. The van der Waals surface area contributed by atoms with Crippen LogP contribution in [-0.2, 0) is 0 Å². The summed E-state index contributed by atoms with van der Waals surface area (Å²) in [4.78, 5) is 9.36. The Bertz CT molecular complexity index is 1150. The topological polar surface area (TPSA) is 50.2 Å². The Labute approximate surface area is 172 Å². The zero-order valence-corrected chi connectivity index (χ0v) is 16.5. The van der Waals surface area contributed by atoms with Gasteiger partial charge in [-0.25, -0.2) is 9.97 Å². The molecule has 28 heavy (non-hydrogen) atoms. The van der Waals surface area contributed by atoms with E-state index in [9.17, 15) is 0 Å². The van der Waals surface area contributed by atoms with Crippen molar-refractivity contribution in [2.24, 2.45) is 5.10 Å². The fraction of sp³-hybridized carbons (Fsp3) is 0.0455. The standard InChI is InChI=1S/C22H16Cl2N4/c1-14(15-6-10-17(23)11-7-15)27-28-22-19-4-2-3-5-20(19)25-21(26-22)16-8-12-18(24)13-9-16/h2-13H,1H3,(H,25,26,28). The molecule has 0 saturated carbocycles. The van der Waals surface area contributed by atoms with E-state index in [1.807, 2.05) is 79.7 Å². The van der Waals surface area contributed by atoms with Gasteiger partial charge in [0, 0.05) is 21.0 Å². The van der Waals surface area contributed by atoms with Crippen LogP contribution in [0.1, 0.15) is 12.5 Å². The Morgan fingerprint density at radius 2 is 1.46 bits per heavy atom. The van der Waals surface area contributed by atoms with Crippen LogP contribution >= 0.6 is 23.2 Å². The number of halogens is 2. The highest BCUT2D eigenvalue weighted by atomic mass is 35.5. The molecule has 3 aromatic carbocycles. The van der Waals surface area contributed by atoms with Crippen LogP contribution in [-0.4, -0.2) is 15.7 Å². The van der Waals surface area contributed by atoms with Gasteiger partial charge in [0.05, 0.1) is 11.2 Å². The number of nitrogens with one attached hydrogen (secondary N) is 1. The third-order valence-electron chi connectivity index (χ3n) is 4.30. The van der Waals surface area contributed by atoms with Crippen molar-refractivity contribution in [1.29, 1.82) is 0 Å². The SMILES string of the molecule is CC(=NNc1nc(-c2ccc(Cl)cc2)nc2ccccc12)c1ccc(Cl)cc1. The molecule has 0 atom stereocenters. The smallest absolute Gasteiger partial charge is 0.162 e. The summed E-state index contributed by atoms with van der Waals surface area (Å²) in [5.74, 6) is 1.25. The summed E-state index contributed by atoms with van der Waals surface area (Å²) in [6.07, 6.45) is 0. The molecular formula is C22H16Cl2N4. The molecule has 1 N–H and O–H groups in total. The molecule has 0 fully saturated rings. The molecule has 4 aromatic rings. The van der Waals surface area contributed by atoms with E-state index < -0.39 is 0 Å². The van der Waals surface area contributed by atoms with Gasteiger partial charge in [0.15, 0.2) is 11.6 Å². The van der Waals surface area contributed by atoms with Crippen LogP contribution in [0.2, 0.25) is 10.0 Å². The molecule has 0 aliphatic rings. The number of anilines is 1. The molecule has 0 saturated heterocycles. The monoisotopic (exact) mass is 406 g/mol. The first-order chi connectivity index (χ1) is 13.6. The average molecular weight is 407 g/mol. The van der Waals surface area contributed by atoms with Gasteiger partial charge in [-0.2, -0.15) is 5.10 Å². The Morgan fingerprint density at radius 3 is 2.18 bits per heavy atom. The zero-order chi connectivity index (χ0) is 19.5. The number of aromatic nitrogens is 2. The number of hydrazone groups is 1. The van der Waals surface area contributed by atoms with Gasteiger partial charge in [0.2, 0.25) is 0 Å². The molecule has 1 heterocycles. The lowest BCUT2D eigenvalue weighted by molar-refractivity contribution is 1.18. The van der Waals surface area contributed by atoms with E-state index in [2.05, 4.69) is 20.5 Å². The molecule has 0 unspecified atom stereocenters. The summed E-state index contributed by atoms with van der Waals surface area (Å²) in [5, 5.41) is 6.77. The number of hydrogen-bond donors (Lipinski definition) is 1. The second-order valence-corrected chi connectivity index (χ2v) is 7.11. The van der Waals surface area contributed by atoms with Crippen molar-refractivity contribution in [2.75, 3.05) is 5.43 Å². The van der Waals surface area contributed by atoms with E-state index in [0.717, 1.165) is 27.7 Å². The first-order valence-electron chi connectivity index (χ1n) is 8.69. The summed E-state index contributed by atoms with van der Waals surface area (Å²) < 4.78 is 0. The lowest BCUT2D eigenvalue weighted by atomic mass is 10.1. The van der Waals surface area contributed by atoms with Gasteiger partial charge in [-0.3, -0.25) is 5.43 Å². The summed E-state index contributed by atoms with van der Waals surface area (Å²) in [6.45, 7) is 1.93. The molecule has 0 radical (unpaired) electrons. The van der Waals surface area contributed by atoms with E-state index in [4.69, 9.17) is 23.2 Å². The maximum atomic E-state index is 6.00. The summed E-state index contributed by atoms with van der Waals surface area (Å²) in [6, 6.07) is 22.8. The second kappa shape index (κ2) is 7.97. The van der Waals surface area contributed by atoms with Crippen LogP contribution in [0.25, 0.3) is 22.3 Å². The van der Waals surface area contributed by atoms with Crippen LogP contribution in [0, 0.1) is 0 Å². The van der Waals surface area contributed by atoms with Gasteiger partial charge in [-0.1, -0.05) is 47.5 Å². The highest BCUT2D eigenvalue weighted by molar-refractivity contribution is 6.31. The lowest BCUT2D eigenvalue weighted by Gasteiger charge is -2.09. The van der Waals surface area contributed by atoms with E-state index in [1.54, 1.807) is 0 Å². The zero-order valence-electron chi connectivity index (χ0n) is 15.0. The minimum Gasteiger partial charge on any atom is -0.260 e. The van der Waals surface area contributed by atoms with Gasteiger partial charge < -0.3 is 0 Å². The van der Waals surface area contributed by atoms with Crippen LogP contribution in [0.4, 0.5) is 5.82 Å². The molecule has 6 heteroatoms. The number of fused-ring (bicyclic) bond motifs is 1. The minimum atomic E-state index is 0.609. The van der Waals surface area contributed by atoms with Crippen molar-refractivity contribution >= 4 is 45.6 Å². The van der Waals surface area contributed by atoms with Crippen LogP contribution in [0.3, 0.4) is 0 Å². The highest BCUT2D eigenvalue weighted by Crippen LogP contribution is 2.26. The van der Waals surface area contributed by atoms with Crippen molar-refractivity contribution < 1.29 is 0 Å². The van der Waals surface area contributed by atoms with Crippen molar-refractivity contribution in [3.63, 3.8) is 0 Å². The fourth-order valence-corrected chi connectivity index (χ4v) is 3.03. The Kier molecular flexibility index (Phi) is 5.24. The van der Waals surface area contributed by atoms with Gasteiger partial charge in [0.1, 0.15) is 0 Å². The minimum absolute atomic E-state index is 0.609. The summed E-state index contributed by atoms with van der Waals surface area (Å²) >= 11 is 12.0. The quantitative estimate of drug-likeness (QED) is 0.313. The maximum absolute atomic E-state index is 6.00. The average Bonchev–Trinajstić information content (AvgIpc) is 2.72. The Hall–Kier alpha value is -2.95. The fourth-order valence-electron chi connectivity index (χ4n) is 2.78. The van der Waals surface area contributed by atoms with Gasteiger partial charge in [-0.15, -0.1) is 0 Å². The van der Waals surface area contributed by atoms with E-state index in [1.165, 1.54) is 0 Å². The number of nitrogens with zero attached hydrogens (tertiary/aromatic N) is 3. The van der Waals surface area contributed by atoms with Crippen molar-refractivity contribution in [3.05, 3.63) is 88.4 Å². The summed E-state index contributed by atoms with van der Waals surface area (Å²) in [5.41, 5.74) is 6.63. The summed E-state index contributed by atoms with van der Waals surface area (Å²) in [7, 11) is 0. The Morgan fingerprint density at radius 1 is 0.821 bits per heavy atom. The molecule has 1 aromatic heterocycles. The molecule has 0 bridgehead atoms. The second-order valence-electron chi connectivity index (χ2n) is 6.24. The largest absolute Gasteiger partial charge is 0.260 e. The molecular weight excluding hydrogens is 391 g/mol. The normalized spacial score (nSPS) is 11.6. The van der Waals surface area contributed by atoms with Gasteiger partial charge in [0.25, 0.3) is 0 Å². The van der Waals surface area contributed by atoms with Crippen LogP contribution in [0.5, 0.6) is 0 Å². The third-order valence-corrected chi connectivity index (χ3v) is 4.80. The predicted octanol–water partition coefficient (Wildman–Crippen LogP) is 6.44. The number of rotatable bonds is 4. The van der Waals surface area contributed by atoms with Crippen molar-refractivity contribution in [2.45, 2.75) is 6.92 Å². The van der Waals surface area contributed by atoms with E-state index >= 15 is 0 Å². The number of hydrogen-bond acceptors (Lipinski definition) is 4. The third kappa shape index (κ3) is 3.98. The molecule has 4 nitrogen and oxygen atoms in total. The highest BCUT2D eigenvalue weighted by Gasteiger charge is 2.09. The van der Waals surface area contributed by atoms with Crippen molar-refractivity contribution in [3.8, 4) is 11.4 Å². The molecule has 0 aliphatic carbocycles. The van der Waals surface area contributed by atoms with E-state index in [-0.39, 0.29) is 0 Å². The van der Waals surface area contributed by atoms with Crippen LogP contribution < -0.4 is 5.43 Å². The van der Waals surface area contributed by atoms with Crippen LogP contribution in [0.15, 0.2) is 77.9 Å². The lowest BCUT2D eigenvalue weighted by Crippen LogP contribution is -2.03. The first-order valence-corrected chi connectivity index (χ1v) is 9.45. The van der Waals surface area contributed by atoms with Gasteiger partial charge >= 0.3 is 0 Å². The first kappa shape index (κ1) is 18.4. The Balaban J connectivity index is 1.73. The van der Waals surface area contributed by atoms with Gasteiger partial charge in [-0.05, 0) is 61.0 Å². The number of para-hydroxylation sites is 1. The predicted molar refractivity (Wildman–Crippen MR) is 117 cm³/mol. The molecule has 4 rings (SSSR count). The maximum Gasteiger partial charge on any atom is 0.162 e. The number of benzene rings is 3. The van der Waals surface area contributed by atoms with E-state index in [0.29, 0.717) is 21.7 Å². The molecule has 0 aliphatic heterocycles. The molecule has 138 valence electrons. The molecule has 0 amide bonds. The van der Waals surface area contributed by atoms with Crippen molar-refractivity contribution in [1.82, 2.24) is 9.97 Å².